The van der Waals surface area contributed by atoms with E-state index in [4.69, 9.17) is 5.11 Å². The summed E-state index contributed by atoms with van der Waals surface area (Å²) in [6, 6.07) is 14.0. The van der Waals surface area contributed by atoms with Crippen LogP contribution in [0.3, 0.4) is 0 Å². The minimum Gasteiger partial charge on any atom is -0.394 e. The minimum absolute atomic E-state index is 0.0751. The molecule has 0 saturated carbocycles. The van der Waals surface area contributed by atoms with Crippen LogP contribution < -0.4 is 0 Å². The first-order valence-corrected chi connectivity index (χ1v) is 6.52. The van der Waals surface area contributed by atoms with Crippen molar-refractivity contribution in [2.75, 3.05) is 6.61 Å². The van der Waals surface area contributed by atoms with Crippen molar-refractivity contribution in [3.05, 3.63) is 61.1 Å². The fraction of sp³-hybridized carbons (Fsp3) is 0.125. The normalized spacial score (nSPS) is 10.7. The fourth-order valence-corrected chi connectivity index (χ4v) is 2.19. The highest BCUT2D eigenvalue weighted by molar-refractivity contribution is 5.80. The lowest BCUT2D eigenvalue weighted by atomic mass is 10.0. The Hall–Kier alpha value is -2.46. The second kappa shape index (κ2) is 5.67. The maximum Gasteiger partial charge on any atom is 0.100 e. The summed E-state index contributed by atoms with van der Waals surface area (Å²) in [4.78, 5) is 4.04. The average Bonchev–Trinajstić information content (AvgIpc) is 2.93. The van der Waals surface area contributed by atoms with Gasteiger partial charge in [0.25, 0.3) is 0 Å². The predicted octanol–water partition coefficient (Wildman–Crippen LogP) is 2.60. The van der Waals surface area contributed by atoms with Crippen LogP contribution in [0.5, 0.6) is 0 Å². The highest BCUT2D eigenvalue weighted by atomic mass is 16.3. The van der Waals surface area contributed by atoms with Gasteiger partial charge in [-0.2, -0.15) is 5.10 Å². The SMILES string of the molecule is OCCn1cc(-c2ccccc2)c(-c2ccncc2)n1. The Morgan fingerprint density at radius 3 is 2.40 bits per heavy atom. The molecule has 0 aliphatic rings. The van der Waals surface area contributed by atoms with Crippen LogP contribution in [-0.4, -0.2) is 26.5 Å². The van der Waals surface area contributed by atoms with Crippen molar-refractivity contribution in [3.63, 3.8) is 0 Å². The van der Waals surface area contributed by atoms with Crippen LogP contribution in [0, 0.1) is 0 Å². The molecule has 3 rings (SSSR count). The summed E-state index contributed by atoms with van der Waals surface area (Å²) < 4.78 is 1.78. The summed E-state index contributed by atoms with van der Waals surface area (Å²) in [5, 5.41) is 13.7. The zero-order valence-corrected chi connectivity index (χ0v) is 11.0. The van der Waals surface area contributed by atoms with E-state index in [1.807, 2.05) is 36.5 Å². The second-order valence-electron chi connectivity index (χ2n) is 4.48. The number of aromatic nitrogens is 3. The molecule has 0 radical (unpaired) electrons. The first kappa shape index (κ1) is 12.6. The molecule has 0 unspecified atom stereocenters. The zero-order chi connectivity index (χ0) is 13.8. The Morgan fingerprint density at radius 2 is 1.70 bits per heavy atom. The van der Waals surface area contributed by atoms with Crippen molar-refractivity contribution in [1.29, 1.82) is 0 Å². The molecular weight excluding hydrogens is 250 g/mol. The fourth-order valence-electron chi connectivity index (χ4n) is 2.19. The van der Waals surface area contributed by atoms with Gasteiger partial charge in [-0.15, -0.1) is 0 Å². The quantitative estimate of drug-likeness (QED) is 0.789. The number of nitrogens with zero attached hydrogens (tertiary/aromatic N) is 3. The van der Waals surface area contributed by atoms with Crippen molar-refractivity contribution in [1.82, 2.24) is 14.8 Å². The van der Waals surface area contributed by atoms with Crippen LogP contribution in [-0.2, 0) is 6.54 Å². The molecule has 0 aliphatic heterocycles. The van der Waals surface area contributed by atoms with Crippen molar-refractivity contribution < 1.29 is 5.11 Å². The molecule has 0 atom stereocenters. The third-order valence-electron chi connectivity index (χ3n) is 3.13. The van der Waals surface area contributed by atoms with Crippen LogP contribution in [0.1, 0.15) is 0 Å². The number of pyridine rings is 1. The largest absolute Gasteiger partial charge is 0.394 e. The topological polar surface area (TPSA) is 50.9 Å². The number of benzene rings is 1. The van der Waals surface area contributed by atoms with E-state index in [-0.39, 0.29) is 6.61 Å². The molecule has 4 heteroatoms. The lowest BCUT2D eigenvalue weighted by Gasteiger charge is -2.01. The number of hydrogen-bond donors (Lipinski definition) is 1. The first-order valence-electron chi connectivity index (χ1n) is 6.52. The molecule has 1 N–H and O–H groups in total. The van der Waals surface area contributed by atoms with E-state index < -0.39 is 0 Å². The molecule has 0 fully saturated rings. The predicted molar refractivity (Wildman–Crippen MR) is 78.0 cm³/mol. The third-order valence-corrected chi connectivity index (χ3v) is 3.13. The van der Waals surface area contributed by atoms with Gasteiger partial charge in [-0.3, -0.25) is 9.67 Å². The highest BCUT2D eigenvalue weighted by Gasteiger charge is 2.12. The number of aliphatic hydroxyl groups excluding tert-OH is 1. The summed E-state index contributed by atoms with van der Waals surface area (Å²) in [5.74, 6) is 0. The molecule has 0 saturated heterocycles. The molecule has 3 aromatic rings. The molecule has 1 aromatic carbocycles. The lowest BCUT2D eigenvalue weighted by Crippen LogP contribution is -2.02. The van der Waals surface area contributed by atoms with Crippen molar-refractivity contribution in [2.45, 2.75) is 6.54 Å². The van der Waals surface area contributed by atoms with Gasteiger partial charge in [-0.05, 0) is 17.7 Å². The molecule has 100 valence electrons. The van der Waals surface area contributed by atoms with Gasteiger partial charge in [-0.1, -0.05) is 30.3 Å². The molecular formula is C16H15N3O. The van der Waals surface area contributed by atoms with Gasteiger partial charge in [0, 0.05) is 29.7 Å². The maximum absolute atomic E-state index is 9.09. The monoisotopic (exact) mass is 265 g/mol. The van der Waals surface area contributed by atoms with Crippen LogP contribution in [0.15, 0.2) is 61.1 Å². The zero-order valence-electron chi connectivity index (χ0n) is 11.0. The second-order valence-corrected chi connectivity index (χ2v) is 4.48. The van der Waals surface area contributed by atoms with E-state index in [1.54, 1.807) is 17.1 Å². The van der Waals surface area contributed by atoms with Crippen molar-refractivity contribution in [3.8, 4) is 22.4 Å². The van der Waals surface area contributed by atoms with Crippen LogP contribution >= 0.6 is 0 Å². The summed E-state index contributed by atoms with van der Waals surface area (Å²) in [6.07, 6.45) is 5.49. The molecule has 0 aliphatic carbocycles. The Kier molecular flexibility index (Phi) is 3.56. The van der Waals surface area contributed by atoms with Crippen LogP contribution in [0.25, 0.3) is 22.4 Å². The Labute approximate surface area is 117 Å². The molecule has 2 heterocycles. The van der Waals surface area contributed by atoms with Crippen molar-refractivity contribution in [2.24, 2.45) is 0 Å². The molecule has 0 spiro atoms. The average molecular weight is 265 g/mol. The number of aliphatic hydroxyl groups is 1. The lowest BCUT2D eigenvalue weighted by molar-refractivity contribution is 0.269. The summed E-state index contributed by atoms with van der Waals surface area (Å²) in [6.45, 7) is 0.566. The van der Waals surface area contributed by atoms with Gasteiger partial charge in [0.05, 0.1) is 13.2 Å². The summed E-state index contributed by atoms with van der Waals surface area (Å²) >= 11 is 0. The van der Waals surface area contributed by atoms with E-state index >= 15 is 0 Å². The molecule has 0 bridgehead atoms. The smallest absolute Gasteiger partial charge is 0.100 e. The summed E-state index contributed by atoms with van der Waals surface area (Å²) in [7, 11) is 0. The Balaban J connectivity index is 2.13. The minimum atomic E-state index is 0.0751. The number of rotatable bonds is 4. The van der Waals surface area contributed by atoms with Gasteiger partial charge in [-0.25, -0.2) is 0 Å². The number of hydrogen-bond acceptors (Lipinski definition) is 3. The summed E-state index contributed by atoms with van der Waals surface area (Å²) in [5.41, 5.74) is 4.11. The van der Waals surface area contributed by atoms with Crippen LogP contribution in [0.4, 0.5) is 0 Å². The van der Waals surface area contributed by atoms with E-state index in [1.165, 1.54) is 0 Å². The maximum atomic E-state index is 9.09. The Bertz CT molecular complexity index is 620. The third kappa shape index (κ3) is 2.46. The van der Waals surface area contributed by atoms with E-state index in [0.29, 0.717) is 6.54 Å². The standard InChI is InChI=1S/C16H15N3O/c20-11-10-19-12-15(13-4-2-1-3-5-13)16(18-19)14-6-8-17-9-7-14/h1-9,12,20H,10-11H2. The van der Waals surface area contributed by atoms with Gasteiger partial charge in [0.2, 0.25) is 0 Å². The molecule has 0 amide bonds. The van der Waals surface area contributed by atoms with Gasteiger partial charge in [0.1, 0.15) is 5.69 Å². The molecule has 2 aromatic heterocycles. The Morgan fingerprint density at radius 1 is 0.950 bits per heavy atom. The van der Waals surface area contributed by atoms with Crippen molar-refractivity contribution >= 4 is 0 Å². The van der Waals surface area contributed by atoms with E-state index in [2.05, 4.69) is 22.2 Å². The van der Waals surface area contributed by atoms with Crippen LogP contribution in [0.2, 0.25) is 0 Å². The van der Waals surface area contributed by atoms with Gasteiger partial charge < -0.3 is 5.11 Å². The van der Waals surface area contributed by atoms with E-state index in [0.717, 1.165) is 22.4 Å². The van der Waals surface area contributed by atoms with E-state index in [9.17, 15) is 0 Å². The first-order chi connectivity index (χ1) is 9.88. The van der Waals surface area contributed by atoms with Gasteiger partial charge in [0.15, 0.2) is 0 Å². The highest BCUT2D eigenvalue weighted by Crippen LogP contribution is 2.30. The molecule has 4 nitrogen and oxygen atoms in total. The molecule has 20 heavy (non-hydrogen) atoms. The van der Waals surface area contributed by atoms with Gasteiger partial charge >= 0.3 is 0 Å².